The van der Waals surface area contributed by atoms with Crippen LogP contribution in [0.1, 0.15) is 64.3 Å². The van der Waals surface area contributed by atoms with Gasteiger partial charge in [-0.2, -0.15) is 18.3 Å². The van der Waals surface area contributed by atoms with Crippen LogP contribution in [0.3, 0.4) is 0 Å². The summed E-state index contributed by atoms with van der Waals surface area (Å²) in [7, 11) is 1.33. The van der Waals surface area contributed by atoms with Crippen LogP contribution in [0.2, 0.25) is 0 Å². The first-order chi connectivity index (χ1) is 16.2. The molecule has 1 fully saturated rings. The number of rotatable bonds is 6. The van der Waals surface area contributed by atoms with Crippen molar-refractivity contribution in [2.75, 3.05) is 12.4 Å². The molecule has 0 aliphatic heterocycles. The monoisotopic (exact) mass is 472 g/mol. The van der Waals surface area contributed by atoms with Gasteiger partial charge in [0.25, 0.3) is 0 Å². The standard InChI is InChI=1S/C25H27F3N4O2/c1-15-10-19(11-16(2)23(15)32-14-20(13-30-32)25(26,27)28)22(17-6-4-5-7-17)31-21-9-8-18(12-29-21)24(33)34-3/h8-14,17,22H,4-7H2,1-3H3,(H,29,31). The van der Waals surface area contributed by atoms with Gasteiger partial charge in [0.1, 0.15) is 5.82 Å². The summed E-state index contributed by atoms with van der Waals surface area (Å²) in [5.74, 6) is 0.597. The molecule has 1 unspecified atom stereocenters. The number of anilines is 1. The largest absolute Gasteiger partial charge is 0.465 e. The average molecular weight is 473 g/mol. The number of carbonyl (C=O) groups excluding carboxylic acids is 1. The number of halogens is 3. The van der Waals surface area contributed by atoms with Gasteiger partial charge in [-0.1, -0.05) is 25.0 Å². The van der Waals surface area contributed by atoms with Crippen LogP contribution < -0.4 is 5.32 Å². The van der Waals surface area contributed by atoms with Gasteiger partial charge in [0.05, 0.1) is 36.2 Å². The fraction of sp³-hybridized carbons (Fsp3) is 0.400. The highest BCUT2D eigenvalue weighted by atomic mass is 19.4. The van der Waals surface area contributed by atoms with Gasteiger partial charge in [-0.3, -0.25) is 0 Å². The molecule has 1 N–H and O–H groups in total. The van der Waals surface area contributed by atoms with Crippen molar-refractivity contribution in [2.45, 2.75) is 51.7 Å². The summed E-state index contributed by atoms with van der Waals surface area (Å²) < 4.78 is 45.2. The van der Waals surface area contributed by atoms with Gasteiger partial charge in [0, 0.05) is 12.4 Å². The smallest absolute Gasteiger partial charge is 0.419 e. The second-order valence-corrected chi connectivity index (χ2v) is 8.76. The highest BCUT2D eigenvalue weighted by Crippen LogP contribution is 2.39. The van der Waals surface area contributed by atoms with Crippen molar-refractivity contribution in [2.24, 2.45) is 5.92 Å². The van der Waals surface area contributed by atoms with Gasteiger partial charge in [0.2, 0.25) is 0 Å². The normalized spacial score (nSPS) is 15.4. The van der Waals surface area contributed by atoms with Crippen LogP contribution in [-0.2, 0) is 10.9 Å². The van der Waals surface area contributed by atoms with Gasteiger partial charge < -0.3 is 10.1 Å². The molecule has 0 spiro atoms. The second-order valence-electron chi connectivity index (χ2n) is 8.76. The summed E-state index contributed by atoms with van der Waals surface area (Å²) >= 11 is 0. The third kappa shape index (κ3) is 4.93. The van der Waals surface area contributed by atoms with Crippen molar-refractivity contribution in [3.05, 3.63) is 70.7 Å². The van der Waals surface area contributed by atoms with Crippen molar-refractivity contribution in [1.29, 1.82) is 0 Å². The summed E-state index contributed by atoms with van der Waals surface area (Å²) in [6.07, 6.45) is 3.37. The molecule has 0 saturated heterocycles. The predicted molar refractivity (Wildman–Crippen MR) is 122 cm³/mol. The number of ether oxygens (including phenoxy) is 1. The first-order valence-corrected chi connectivity index (χ1v) is 11.2. The molecule has 9 heteroatoms. The van der Waals surface area contributed by atoms with E-state index in [-0.39, 0.29) is 6.04 Å². The van der Waals surface area contributed by atoms with Gasteiger partial charge in [-0.05, 0) is 61.4 Å². The maximum Gasteiger partial charge on any atom is 0.419 e. The molecule has 34 heavy (non-hydrogen) atoms. The van der Waals surface area contributed by atoms with Gasteiger partial charge in [-0.25, -0.2) is 14.5 Å². The number of benzene rings is 1. The fourth-order valence-corrected chi connectivity index (χ4v) is 4.76. The molecular weight excluding hydrogens is 445 g/mol. The quantitative estimate of drug-likeness (QED) is 0.444. The number of alkyl halides is 3. The Balaban J connectivity index is 1.66. The number of nitrogens with one attached hydrogen (secondary N) is 1. The molecule has 0 bridgehead atoms. The Bertz CT molecular complexity index is 1140. The molecular formula is C25H27F3N4O2. The third-order valence-corrected chi connectivity index (χ3v) is 6.37. The maximum atomic E-state index is 13.1. The topological polar surface area (TPSA) is 69.0 Å². The van der Waals surface area contributed by atoms with E-state index in [2.05, 4.69) is 15.4 Å². The molecule has 1 aromatic carbocycles. The Morgan fingerprint density at radius 1 is 1.15 bits per heavy atom. The lowest BCUT2D eigenvalue weighted by Gasteiger charge is -2.27. The maximum absolute atomic E-state index is 13.1. The van der Waals surface area contributed by atoms with Gasteiger partial charge in [-0.15, -0.1) is 0 Å². The van der Waals surface area contributed by atoms with Crippen molar-refractivity contribution in [1.82, 2.24) is 14.8 Å². The number of esters is 1. The molecule has 2 heterocycles. The van der Waals surface area contributed by atoms with Crippen LogP contribution in [0.5, 0.6) is 0 Å². The summed E-state index contributed by atoms with van der Waals surface area (Å²) in [4.78, 5) is 16.1. The molecule has 1 saturated carbocycles. The van der Waals surface area contributed by atoms with E-state index in [1.807, 2.05) is 26.0 Å². The van der Waals surface area contributed by atoms with Crippen LogP contribution in [0.15, 0.2) is 42.9 Å². The second kappa shape index (κ2) is 9.48. The van der Waals surface area contributed by atoms with Gasteiger partial charge >= 0.3 is 12.1 Å². The van der Waals surface area contributed by atoms with E-state index >= 15 is 0 Å². The van der Waals surface area contributed by atoms with Crippen LogP contribution in [0, 0.1) is 19.8 Å². The minimum atomic E-state index is -4.44. The molecule has 4 rings (SSSR count). The first kappa shape index (κ1) is 23.8. The number of methoxy groups -OCH3 is 1. The molecule has 1 aliphatic rings. The zero-order chi connectivity index (χ0) is 24.5. The average Bonchev–Trinajstić information content (AvgIpc) is 3.49. The third-order valence-electron chi connectivity index (χ3n) is 6.37. The number of carbonyl (C=O) groups is 1. The minimum absolute atomic E-state index is 0.0196. The molecule has 180 valence electrons. The number of nitrogens with zero attached hydrogens (tertiary/aromatic N) is 3. The lowest BCUT2D eigenvalue weighted by molar-refractivity contribution is -0.137. The first-order valence-electron chi connectivity index (χ1n) is 11.2. The Morgan fingerprint density at radius 2 is 1.82 bits per heavy atom. The highest BCUT2D eigenvalue weighted by Gasteiger charge is 2.33. The van der Waals surface area contributed by atoms with Crippen molar-refractivity contribution in [3.8, 4) is 5.69 Å². The highest BCUT2D eigenvalue weighted by molar-refractivity contribution is 5.89. The van der Waals surface area contributed by atoms with E-state index in [9.17, 15) is 18.0 Å². The zero-order valence-corrected chi connectivity index (χ0v) is 19.3. The van der Waals surface area contributed by atoms with Gasteiger partial charge in [0.15, 0.2) is 0 Å². The van der Waals surface area contributed by atoms with Crippen molar-refractivity contribution < 1.29 is 22.7 Å². The summed E-state index contributed by atoms with van der Waals surface area (Å²) in [5, 5.41) is 7.48. The minimum Gasteiger partial charge on any atom is -0.465 e. The summed E-state index contributed by atoms with van der Waals surface area (Å²) in [6.45, 7) is 3.77. The number of aryl methyl sites for hydroxylation is 2. The predicted octanol–water partition coefficient (Wildman–Crippen LogP) is 6.03. The zero-order valence-electron chi connectivity index (χ0n) is 19.3. The summed E-state index contributed by atoms with van der Waals surface area (Å²) in [6, 6.07) is 7.42. The molecule has 0 amide bonds. The number of hydrogen-bond acceptors (Lipinski definition) is 5. The van der Waals surface area contributed by atoms with Crippen LogP contribution in [0.25, 0.3) is 5.69 Å². The van der Waals surface area contributed by atoms with Crippen LogP contribution in [0.4, 0.5) is 19.0 Å². The molecule has 0 radical (unpaired) electrons. The van der Waals surface area contributed by atoms with E-state index in [4.69, 9.17) is 4.74 Å². The lowest BCUT2D eigenvalue weighted by Crippen LogP contribution is -2.20. The van der Waals surface area contributed by atoms with E-state index in [0.29, 0.717) is 23.0 Å². The van der Waals surface area contributed by atoms with Crippen molar-refractivity contribution in [3.63, 3.8) is 0 Å². The molecule has 3 aromatic rings. The number of pyridine rings is 1. The SMILES string of the molecule is COC(=O)c1ccc(NC(c2cc(C)c(-n3cc(C(F)(F)F)cn3)c(C)c2)C2CCCC2)nc1. The molecule has 2 aromatic heterocycles. The molecule has 1 atom stereocenters. The van der Waals surface area contributed by atoms with Crippen LogP contribution >= 0.6 is 0 Å². The molecule has 6 nitrogen and oxygen atoms in total. The van der Waals surface area contributed by atoms with Crippen LogP contribution in [-0.4, -0.2) is 27.8 Å². The Labute approximate surface area is 196 Å². The van der Waals surface area contributed by atoms with E-state index in [1.165, 1.54) is 18.0 Å². The number of hydrogen-bond donors (Lipinski definition) is 1. The lowest BCUT2D eigenvalue weighted by atomic mass is 9.89. The van der Waals surface area contributed by atoms with Crippen molar-refractivity contribution >= 4 is 11.8 Å². The van der Waals surface area contributed by atoms with E-state index < -0.39 is 17.7 Å². The Morgan fingerprint density at radius 3 is 2.35 bits per heavy atom. The van der Waals surface area contributed by atoms with E-state index in [1.54, 1.807) is 12.1 Å². The Kier molecular flexibility index (Phi) is 6.63. The summed E-state index contributed by atoms with van der Waals surface area (Å²) in [5.41, 5.74) is 2.97. The Hall–Kier alpha value is -3.36. The number of aromatic nitrogens is 3. The van der Waals surface area contributed by atoms with E-state index in [0.717, 1.165) is 54.8 Å². The molecule has 1 aliphatic carbocycles. The fourth-order valence-electron chi connectivity index (χ4n) is 4.76.